The second kappa shape index (κ2) is 4.75. The van der Waals surface area contributed by atoms with Gasteiger partial charge in [0, 0.05) is 29.3 Å². The molecule has 0 aromatic heterocycles. The van der Waals surface area contributed by atoms with Crippen LogP contribution in [-0.2, 0) is 10.0 Å². The lowest BCUT2D eigenvalue weighted by Crippen LogP contribution is -2.46. The molecule has 1 aromatic rings. The fourth-order valence-electron chi connectivity index (χ4n) is 1.97. The third kappa shape index (κ3) is 2.81. The zero-order valence-electron chi connectivity index (χ0n) is 10.6. The Bertz CT molecular complexity index is 524. The Labute approximate surface area is 113 Å². The summed E-state index contributed by atoms with van der Waals surface area (Å²) < 4.78 is 26.5. The molecule has 1 aliphatic heterocycles. The van der Waals surface area contributed by atoms with Crippen molar-refractivity contribution in [2.45, 2.75) is 23.5 Å². The molecule has 0 radical (unpaired) electrons. The Balaban J connectivity index is 2.28. The maximum Gasteiger partial charge on any atom is 0.243 e. The summed E-state index contributed by atoms with van der Waals surface area (Å²) >= 11 is 1.81. The van der Waals surface area contributed by atoms with Crippen LogP contribution in [0.4, 0.5) is 5.69 Å². The number of hydrogen-bond acceptors (Lipinski definition) is 4. The molecule has 0 atom stereocenters. The highest BCUT2D eigenvalue weighted by atomic mass is 32.2. The van der Waals surface area contributed by atoms with E-state index in [9.17, 15) is 8.42 Å². The quantitative estimate of drug-likeness (QED) is 0.842. The summed E-state index contributed by atoms with van der Waals surface area (Å²) in [6.45, 7) is 5.26. The predicted octanol–water partition coefficient (Wildman–Crippen LogP) is 1.78. The van der Waals surface area contributed by atoms with E-state index in [1.165, 1.54) is 0 Å². The third-order valence-electron chi connectivity index (χ3n) is 2.91. The van der Waals surface area contributed by atoms with Gasteiger partial charge in [-0.25, -0.2) is 8.42 Å². The number of anilines is 1. The number of thioether (sulfide) groups is 1. The third-order valence-corrected chi connectivity index (χ3v) is 6.07. The monoisotopic (exact) mass is 286 g/mol. The van der Waals surface area contributed by atoms with Crippen molar-refractivity contribution in [2.24, 2.45) is 0 Å². The van der Waals surface area contributed by atoms with Gasteiger partial charge in [0.05, 0.1) is 4.90 Å². The van der Waals surface area contributed by atoms with Crippen LogP contribution in [0.2, 0.25) is 0 Å². The SMILES string of the molecule is CC1(C)CN(S(=O)(=O)c2ccc(N)cc2)CCS1. The van der Waals surface area contributed by atoms with Crippen molar-refractivity contribution in [3.8, 4) is 0 Å². The van der Waals surface area contributed by atoms with E-state index in [1.54, 1.807) is 28.6 Å². The highest BCUT2D eigenvalue weighted by Crippen LogP contribution is 2.32. The molecule has 1 aromatic carbocycles. The van der Waals surface area contributed by atoms with Crippen molar-refractivity contribution < 1.29 is 8.42 Å². The maximum absolute atomic E-state index is 12.5. The number of nitrogens with two attached hydrogens (primary N) is 1. The molecule has 1 fully saturated rings. The molecule has 0 saturated carbocycles. The highest BCUT2D eigenvalue weighted by Gasteiger charge is 2.34. The van der Waals surface area contributed by atoms with E-state index in [4.69, 9.17) is 5.73 Å². The van der Waals surface area contributed by atoms with Crippen molar-refractivity contribution >= 4 is 27.5 Å². The summed E-state index contributed by atoms with van der Waals surface area (Å²) in [6, 6.07) is 6.38. The van der Waals surface area contributed by atoms with Gasteiger partial charge in [0.25, 0.3) is 0 Å². The van der Waals surface area contributed by atoms with Crippen LogP contribution in [0.15, 0.2) is 29.2 Å². The minimum absolute atomic E-state index is 0.0286. The molecule has 2 N–H and O–H groups in total. The molecule has 0 amide bonds. The smallest absolute Gasteiger partial charge is 0.243 e. The van der Waals surface area contributed by atoms with Gasteiger partial charge in [-0.05, 0) is 38.1 Å². The van der Waals surface area contributed by atoms with E-state index in [0.29, 0.717) is 23.7 Å². The van der Waals surface area contributed by atoms with Gasteiger partial charge in [0.1, 0.15) is 0 Å². The fourth-order valence-corrected chi connectivity index (χ4v) is 4.88. The van der Waals surface area contributed by atoms with E-state index in [-0.39, 0.29) is 4.75 Å². The van der Waals surface area contributed by atoms with Crippen LogP contribution < -0.4 is 5.73 Å². The number of hydrogen-bond donors (Lipinski definition) is 1. The molecule has 0 bridgehead atoms. The molecule has 6 heteroatoms. The number of nitrogen functional groups attached to an aromatic ring is 1. The summed E-state index contributed by atoms with van der Waals surface area (Å²) in [5.74, 6) is 0.835. The Kier molecular flexibility index (Phi) is 3.62. The Hall–Kier alpha value is -0.720. The van der Waals surface area contributed by atoms with Gasteiger partial charge in [0.15, 0.2) is 0 Å². The highest BCUT2D eigenvalue weighted by molar-refractivity contribution is 8.00. The summed E-state index contributed by atoms with van der Waals surface area (Å²) in [7, 11) is -3.39. The number of nitrogens with zero attached hydrogens (tertiary/aromatic N) is 1. The lowest BCUT2D eigenvalue weighted by molar-refractivity contribution is 0.387. The first-order valence-corrected chi connectivity index (χ1v) is 8.23. The van der Waals surface area contributed by atoms with Crippen molar-refractivity contribution in [1.82, 2.24) is 4.31 Å². The molecule has 100 valence electrons. The van der Waals surface area contributed by atoms with Crippen LogP contribution in [-0.4, -0.2) is 36.3 Å². The zero-order valence-corrected chi connectivity index (χ0v) is 12.2. The molecule has 0 spiro atoms. The van der Waals surface area contributed by atoms with Crippen LogP contribution in [0.25, 0.3) is 0 Å². The van der Waals surface area contributed by atoms with Crippen molar-refractivity contribution in [3.05, 3.63) is 24.3 Å². The topological polar surface area (TPSA) is 63.4 Å². The summed E-state index contributed by atoms with van der Waals surface area (Å²) in [6.07, 6.45) is 0. The van der Waals surface area contributed by atoms with Gasteiger partial charge >= 0.3 is 0 Å². The van der Waals surface area contributed by atoms with E-state index < -0.39 is 10.0 Å². The Morgan fingerprint density at radius 3 is 2.44 bits per heavy atom. The van der Waals surface area contributed by atoms with E-state index in [0.717, 1.165) is 5.75 Å². The summed E-state index contributed by atoms with van der Waals surface area (Å²) in [5, 5.41) is 0. The summed E-state index contributed by atoms with van der Waals surface area (Å²) in [4.78, 5) is 0.319. The number of benzene rings is 1. The molecular formula is C12H18N2O2S2. The Morgan fingerprint density at radius 1 is 1.28 bits per heavy atom. The maximum atomic E-state index is 12.5. The molecule has 0 aliphatic carbocycles. The van der Waals surface area contributed by atoms with Gasteiger partial charge in [-0.2, -0.15) is 16.1 Å². The second-order valence-electron chi connectivity index (χ2n) is 5.02. The first kappa shape index (κ1) is 13.7. The van der Waals surface area contributed by atoms with Gasteiger partial charge in [-0.3, -0.25) is 0 Å². The van der Waals surface area contributed by atoms with Crippen molar-refractivity contribution in [1.29, 1.82) is 0 Å². The molecule has 2 rings (SSSR count). The lowest BCUT2D eigenvalue weighted by Gasteiger charge is -2.36. The van der Waals surface area contributed by atoms with E-state index in [2.05, 4.69) is 13.8 Å². The average Bonchev–Trinajstić information content (AvgIpc) is 2.28. The largest absolute Gasteiger partial charge is 0.399 e. The molecule has 1 saturated heterocycles. The molecule has 4 nitrogen and oxygen atoms in total. The minimum atomic E-state index is -3.39. The van der Waals surface area contributed by atoms with Crippen molar-refractivity contribution in [3.63, 3.8) is 0 Å². The molecule has 1 heterocycles. The average molecular weight is 286 g/mol. The molecule has 18 heavy (non-hydrogen) atoms. The summed E-state index contributed by atoms with van der Waals surface area (Å²) in [5.41, 5.74) is 6.15. The molecule has 1 aliphatic rings. The second-order valence-corrected chi connectivity index (χ2v) is 8.76. The predicted molar refractivity (Wildman–Crippen MR) is 76.2 cm³/mol. The molecule has 0 unspecified atom stereocenters. The Morgan fingerprint density at radius 2 is 1.89 bits per heavy atom. The normalized spacial score (nSPS) is 20.8. The van der Waals surface area contributed by atoms with Crippen LogP contribution in [0.1, 0.15) is 13.8 Å². The zero-order chi connectivity index (χ0) is 13.4. The van der Waals surface area contributed by atoms with Crippen LogP contribution in [0.5, 0.6) is 0 Å². The van der Waals surface area contributed by atoms with Gasteiger partial charge in [-0.15, -0.1) is 0 Å². The van der Waals surface area contributed by atoms with Gasteiger partial charge < -0.3 is 5.73 Å². The lowest BCUT2D eigenvalue weighted by atomic mass is 10.2. The first-order chi connectivity index (χ1) is 8.31. The van der Waals surface area contributed by atoms with E-state index in [1.807, 2.05) is 11.8 Å². The number of sulfonamides is 1. The number of rotatable bonds is 2. The minimum Gasteiger partial charge on any atom is -0.399 e. The van der Waals surface area contributed by atoms with Crippen LogP contribution >= 0.6 is 11.8 Å². The van der Waals surface area contributed by atoms with E-state index >= 15 is 0 Å². The molecular weight excluding hydrogens is 268 g/mol. The first-order valence-electron chi connectivity index (χ1n) is 5.81. The standard InChI is InChI=1S/C12H18N2O2S2/c1-12(2)9-14(7-8-17-12)18(15,16)11-5-3-10(13)4-6-11/h3-6H,7-9,13H2,1-2H3. The van der Waals surface area contributed by atoms with Gasteiger partial charge in [-0.1, -0.05) is 0 Å². The van der Waals surface area contributed by atoms with Gasteiger partial charge in [0.2, 0.25) is 10.0 Å². The van der Waals surface area contributed by atoms with Crippen LogP contribution in [0, 0.1) is 0 Å². The van der Waals surface area contributed by atoms with Crippen LogP contribution in [0.3, 0.4) is 0 Å². The van der Waals surface area contributed by atoms with Crippen molar-refractivity contribution in [2.75, 3.05) is 24.6 Å². The fraction of sp³-hybridized carbons (Fsp3) is 0.500.